The molecule has 5 rings (SSSR count). The number of rotatable bonds is 6. The molecule has 1 saturated heterocycles. The zero-order valence-electron chi connectivity index (χ0n) is 19.2. The number of aromatic nitrogens is 1. The molecule has 2 aliphatic rings. The predicted molar refractivity (Wildman–Crippen MR) is 128 cm³/mol. The molecular formula is C26H32N4O3. The SMILES string of the molecule is CN1CCc2c(c3cc(CCN4CCOCC4)ccc3n2Cc2ccc(C(=O)NO)cc2)C1. The molecule has 0 aliphatic carbocycles. The second-order valence-corrected chi connectivity index (χ2v) is 9.19. The van der Waals surface area contributed by atoms with Gasteiger partial charge in [0, 0.05) is 67.8 Å². The molecule has 3 heterocycles. The van der Waals surface area contributed by atoms with E-state index >= 15 is 0 Å². The Bertz CT molecular complexity index is 1130. The first kappa shape index (κ1) is 22.1. The van der Waals surface area contributed by atoms with Gasteiger partial charge in [0.2, 0.25) is 0 Å². The van der Waals surface area contributed by atoms with E-state index in [1.165, 1.54) is 27.7 Å². The fraction of sp³-hybridized carbons (Fsp3) is 0.423. The maximum atomic E-state index is 11.6. The molecule has 7 nitrogen and oxygen atoms in total. The number of ether oxygens (including phenoxy) is 1. The van der Waals surface area contributed by atoms with Crippen molar-refractivity contribution in [3.63, 3.8) is 0 Å². The molecule has 1 aromatic heterocycles. The summed E-state index contributed by atoms with van der Waals surface area (Å²) in [6, 6.07) is 14.4. The summed E-state index contributed by atoms with van der Waals surface area (Å²) < 4.78 is 7.93. The van der Waals surface area contributed by atoms with Crippen LogP contribution in [0.5, 0.6) is 0 Å². The van der Waals surface area contributed by atoms with Crippen LogP contribution in [0.4, 0.5) is 0 Å². The van der Waals surface area contributed by atoms with E-state index < -0.39 is 5.91 Å². The summed E-state index contributed by atoms with van der Waals surface area (Å²) in [7, 11) is 2.19. The number of nitrogens with one attached hydrogen (secondary N) is 1. The van der Waals surface area contributed by atoms with Crippen molar-refractivity contribution in [1.82, 2.24) is 19.8 Å². The number of likely N-dealkylation sites (N-methyl/N-ethyl adjacent to an activating group) is 1. The summed E-state index contributed by atoms with van der Waals surface area (Å²) >= 11 is 0. The molecule has 0 unspecified atom stereocenters. The monoisotopic (exact) mass is 448 g/mol. The molecule has 1 fully saturated rings. The molecule has 33 heavy (non-hydrogen) atoms. The molecule has 0 radical (unpaired) electrons. The summed E-state index contributed by atoms with van der Waals surface area (Å²) in [5.74, 6) is -0.488. The summed E-state index contributed by atoms with van der Waals surface area (Å²) in [6.07, 6.45) is 2.09. The van der Waals surface area contributed by atoms with E-state index in [4.69, 9.17) is 9.94 Å². The molecule has 0 atom stereocenters. The lowest BCUT2D eigenvalue weighted by Crippen LogP contribution is -2.37. The first-order chi connectivity index (χ1) is 16.1. The van der Waals surface area contributed by atoms with E-state index in [0.29, 0.717) is 5.56 Å². The highest BCUT2D eigenvalue weighted by atomic mass is 16.5. The average molecular weight is 449 g/mol. The van der Waals surface area contributed by atoms with Gasteiger partial charge in [-0.15, -0.1) is 0 Å². The molecule has 2 aromatic carbocycles. The minimum atomic E-state index is -0.488. The van der Waals surface area contributed by atoms with Crippen molar-refractivity contribution in [2.45, 2.75) is 25.9 Å². The van der Waals surface area contributed by atoms with Crippen molar-refractivity contribution in [2.75, 3.05) is 46.4 Å². The molecule has 174 valence electrons. The topological polar surface area (TPSA) is 70.0 Å². The number of amides is 1. The second kappa shape index (κ2) is 9.65. The number of nitrogens with zero attached hydrogens (tertiary/aromatic N) is 3. The number of carbonyl (C=O) groups is 1. The summed E-state index contributed by atoms with van der Waals surface area (Å²) in [5.41, 5.74) is 8.82. The van der Waals surface area contributed by atoms with Gasteiger partial charge >= 0.3 is 0 Å². The van der Waals surface area contributed by atoms with E-state index in [-0.39, 0.29) is 0 Å². The van der Waals surface area contributed by atoms with Gasteiger partial charge in [-0.05, 0) is 54.4 Å². The Balaban J connectivity index is 1.43. The number of fused-ring (bicyclic) bond motifs is 3. The third kappa shape index (κ3) is 4.68. The van der Waals surface area contributed by atoms with Gasteiger partial charge in [0.15, 0.2) is 0 Å². The van der Waals surface area contributed by atoms with Gasteiger partial charge in [-0.2, -0.15) is 0 Å². The predicted octanol–water partition coefficient (Wildman–Crippen LogP) is 2.67. The van der Waals surface area contributed by atoms with Crippen LogP contribution in [0.15, 0.2) is 42.5 Å². The van der Waals surface area contributed by atoms with Crippen LogP contribution in [-0.4, -0.2) is 71.9 Å². The normalized spacial score (nSPS) is 17.3. The molecule has 2 aliphatic heterocycles. The summed E-state index contributed by atoms with van der Waals surface area (Å²) in [6.45, 7) is 7.61. The van der Waals surface area contributed by atoms with Crippen LogP contribution in [0.1, 0.15) is 32.7 Å². The fourth-order valence-corrected chi connectivity index (χ4v) is 5.09. The third-order valence-corrected chi connectivity index (χ3v) is 6.99. The summed E-state index contributed by atoms with van der Waals surface area (Å²) in [4.78, 5) is 16.5. The van der Waals surface area contributed by atoms with Crippen LogP contribution in [0, 0.1) is 0 Å². The lowest BCUT2D eigenvalue weighted by Gasteiger charge is -2.26. The Hall–Kier alpha value is -2.71. The van der Waals surface area contributed by atoms with Crippen LogP contribution < -0.4 is 5.48 Å². The standard InChI is InChI=1S/C26H32N4O3/c1-28-10-9-25-23(18-28)22-16-19(8-11-29-12-14-33-15-13-29)4-7-24(22)30(25)17-20-2-5-21(6-3-20)26(31)27-32/h2-7,16,32H,8-15,17-18H2,1H3,(H,27,31). The van der Waals surface area contributed by atoms with Crippen molar-refractivity contribution in [3.8, 4) is 0 Å². The van der Waals surface area contributed by atoms with E-state index in [2.05, 4.69) is 39.6 Å². The molecule has 0 saturated carbocycles. The zero-order valence-corrected chi connectivity index (χ0v) is 19.2. The third-order valence-electron chi connectivity index (χ3n) is 6.99. The van der Waals surface area contributed by atoms with E-state index in [0.717, 1.165) is 70.9 Å². The average Bonchev–Trinajstić information content (AvgIpc) is 3.15. The number of morpholine rings is 1. The zero-order chi connectivity index (χ0) is 22.8. The molecule has 7 heteroatoms. The maximum absolute atomic E-state index is 11.6. The first-order valence-electron chi connectivity index (χ1n) is 11.8. The van der Waals surface area contributed by atoms with Gasteiger partial charge in [0.05, 0.1) is 13.2 Å². The Labute approximate surface area is 194 Å². The Morgan fingerprint density at radius 1 is 1.06 bits per heavy atom. The van der Waals surface area contributed by atoms with Gasteiger partial charge in [0.1, 0.15) is 0 Å². The Morgan fingerprint density at radius 2 is 1.82 bits per heavy atom. The highest BCUT2D eigenvalue weighted by Gasteiger charge is 2.23. The van der Waals surface area contributed by atoms with Crippen LogP contribution in [-0.2, 0) is 30.7 Å². The maximum Gasteiger partial charge on any atom is 0.274 e. The van der Waals surface area contributed by atoms with Crippen molar-refractivity contribution in [3.05, 3.63) is 70.4 Å². The summed E-state index contributed by atoms with van der Waals surface area (Å²) in [5, 5.41) is 10.2. The highest BCUT2D eigenvalue weighted by molar-refractivity contribution is 5.93. The van der Waals surface area contributed by atoms with Gasteiger partial charge in [0.25, 0.3) is 5.91 Å². The minimum Gasteiger partial charge on any atom is -0.379 e. The number of hydrogen-bond acceptors (Lipinski definition) is 5. The van der Waals surface area contributed by atoms with Crippen molar-refractivity contribution >= 4 is 16.8 Å². The van der Waals surface area contributed by atoms with Gasteiger partial charge in [-0.3, -0.25) is 14.9 Å². The van der Waals surface area contributed by atoms with Gasteiger partial charge in [-0.25, -0.2) is 5.48 Å². The minimum absolute atomic E-state index is 0.451. The Kier molecular flexibility index (Phi) is 6.46. The number of benzene rings is 2. The molecule has 0 spiro atoms. The van der Waals surface area contributed by atoms with Crippen molar-refractivity contribution < 1.29 is 14.7 Å². The first-order valence-corrected chi connectivity index (χ1v) is 11.8. The number of hydroxylamine groups is 1. The molecule has 3 aromatic rings. The van der Waals surface area contributed by atoms with E-state index in [1.54, 1.807) is 17.6 Å². The number of hydrogen-bond donors (Lipinski definition) is 2. The van der Waals surface area contributed by atoms with Gasteiger partial charge < -0.3 is 14.2 Å². The molecule has 0 bridgehead atoms. The van der Waals surface area contributed by atoms with E-state index in [9.17, 15) is 4.79 Å². The van der Waals surface area contributed by atoms with Crippen molar-refractivity contribution in [1.29, 1.82) is 0 Å². The van der Waals surface area contributed by atoms with Gasteiger partial charge in [-0.1, -0.05) is 18.2 Å². The van der Waals surface area contributed by atoms with Crippen LogP contribution >= 0.6 is 0 Å². The lowest BCUT2D eigenvalue weighted by molar-refractivity contribution is 0.0384. The van der Waals surface area contributed by atoms with E-state index in [1.807, 2.05) is 12.1 Å². The van der Waals surface area contributed by atoms with Crippen LogP contribution in [0.25, 0.3) is 10.9 Å². The fourth-order valence-electron chi connectivity index (χ4n) is 5.09. The largest absolute Gasteiger partial charge is 0.379 e. The van der Waals surface area contributed by atoms with Crippen molar-refractivity contribution in [2.24, 2.45) is 0 Å². The number of carbonyl (C=O) groups excluding carboxylic acids is 1. The Morgan fingerprint density at radius 3 is 2.58 bits per heavy atom. The van der Waals surface area contributed by atoms with Crippen LogP contribution in [0.2, 0.25) is 0 Å². The quantitative estimate of drug-likeness (QED) is 0.448. The lowest BCUT2D eigenvalue weighted by atomic mass is 10.0. The molecular weight excluding hydrogens is 416 g/mol. The smallest absolute Gasteiger partial charge is 0.274 e. The molecule has 2 N–H and O–H groups in total. The highest BCUT2D eigenvalue weighted by Crippen LogP contribution is 2.32. The second-order valence-electron chi connectivity index (χ2n) is 9.19. The molecule has 1 amide bonds. The van der Waals surface area contributed by atoms with Crippen LogP contribution in [0.3, 0.4) is 0 Å².